The highest BCUT2D eigenvalue weighted by Crippen LogP contribution is 2.20. The Balaban J connectivity index is 2.78. The summed E-state index contributed by atoms with van der Waals surface area (Å²) in [6, 6.07) is 4.31. The number of nitro groups is 1. The van der Waals surface area contributed by atoms with E-state index in [4.69, 9.17) is 5.73 Å². The van der Waals surface area contributed by atoms with E-state index in [9.17, 15) is 14.9 Å². The lowest BCUT2D eigenvalue weighted by atomic mass is 10.1. The van der Waals surface area contributed by atoms with Gasteiger partial charge in [0.05, 0.1) is 11.5 Å². The lowest BCUT2D eigenvalue weighted by Gasteiger charge is -2.19. The van der Waals surface area contributed by atoms with Gasteiger partial charge in [0, 0.05) is 38.5 Å². The number of nitro benzene ring substituents is 1. The topological polar surface area (TPSA) is 92.7 Å². The second-order valence-corrected chi connectivity index (χ2v) is 4.60. The van der Waals surface area contributed by atoms with Gasteiger partial charge in [-0.3, -0.25) is 19.8 Å². The summed E-state index contributed by atoms with van der Waals surface area (Å²) in [5.74, 6) is -0.0356. The number of nitrogens with zero attached hydrogens (tertiary/aromatic N) is 3. The van der Waals surface area contributed by atoms with E-state index >= 15 is 0 Å². The molecule has 19 heavy (non-hydrogen) atoms. The standard InChI is InChI=1S/C12H18N4O3/c1-14(2)12(17)8-15(3)7-9-6-10(16(18)19)4-5-11(9)13/h4-6H,7-8,13H2,1-3H3. The molecule has 1 aromatic rings. The van der Waals surface area contributed by atoms with Gasteiger partial charge in [-0.15, -0.1) is 0 Å². The summed E-state index contributed by atoms with van der Waals surface area (Å²) >= 11 is 0. The number of carbonyl (C=O) groups excluding carboxylic acids is 1. The van der Waals surface area contributed by atoms with E-state index in [1.54, 1.807) is 26.0 Å². The summed E-state index contributed by atoms with van der Waals surface area (Å²) in [6.45, 7) is 0.613. The second kappa shape index (κ2) is 6.14. The highest BCUT2D eigenvalue weighted by molar-refractivity contribution is 5.77. The second-order valence-electron chi connectivity index (χ2n) is 4.60. The number of rotatable bonds is 5. The van der Waals surface area contributed by atoms with Crippen molar-refractivity contribution in [3.8, 4) is 0 Å². The van der Waals surface area contributed by atoms with Crippen LogP contribution in [0.2, 0.25) is 0 Å². The van der Waals surface area contributed by atoms with Gasteiger partial charge in [-0.1, -0.05) is 0 Å². The van der Waals surface area contributed by atoms with E-state index in [2.05, 4.69) is 0 Å². The van der Waals surface area contributed by atoms with Crippen LogP contribution in [0, 0.1) is 10.1 Å². The van der Waals surface area contributed by atoms with Gasteiger partial charge < -0.3 is 10.6 Å². The maximum absolute atomic E-state index is 11.5. The van der Waals surface area contributed by atoms with Gasteiger partial charge in [0.2, 0.25) is 5.91 Å². The van der Waals surface area contributed by atoms with Gasteiger partial charge in [0.1, 0.15) is 0 Å². The van der Waals surface area contributed by atoms with E-state index in [1.807, 2.05) is 0 Å². The minimum absolute atomic E-state index is 0.00321. The largest absolute Gasteiger partial charge is 0.398 e. The third-order valence-electron chi connectivity index (χ3n) is 2.68. The normalized spacial score (nSPS) is 10.5. The Bertz CT molecular complexity index is 488. The summed E-state index contributed by atoms with van der Waals surface area (Å²) in [6.07, 6.45) is 0. The number of non-ortho nitro benzene ring substituents is 1. The Morgan fingerprint density at radius 1 is 1.37 bits per heavy atom. The number of benzene rings is 1. The Morgan fingerprint density at radius 3 is 2.53 bits per heavy atom. The monoisotopic (exact) mass is 266 g/mol. The molecule has 1 aromatic carbocycles. The lowest BCUT2D eigenvalue weighted by Crippen LogP contribution is -2.34. The number of hydrogen-bond acceptors (Lipinski definition) is 5. The Hall–Kier alpha value is -2.15. The molecule has 0 radical (unpaired) electrons. The van der Waals surface area contributed by atoms with Crippen molar-refractivity contribution in [1.82, 2.24) is 9.80 Å². The minimum Gasteiger partial charge on any atom is -0.398 e. The van der Waals surface area contributed by atoms with Crippen LogP contribution in [-0.4, -0.2) is 48.3 Å². The predicted octanol–water partition coefficient (Wildman–Crippen LogP) is 0.697. The van der Waals surface area contributed by atoms with Gasteiger partial charge in [0.25, 0.3) is 5.69 Å². The first-order valence-electron chi connectivity index (χ1n) is 5.72. The molecule has 1 rings (SSSR count). The zero-order valence-electron chi connectivity index (χ0n) is 11.3. The SMILES string of the molecule is CN(CC(=O)N(C)C)Cc1cc([N+](=O)[O-])ccc1N. The molecule has 0 heterocycles. The van der Waals surface area contributed by atoms with Crippen LogP contribution in [-0.2, 0) is 11.3 Å². The van der Waals surface area contributed by atoms with Crippen molar-refractivity contribution in [3.05, 3.63) is 33.9 Å². The van der Waals surface area contributed by atoms with Crippen molar-refractivity contribution < 1.29 is 9.72 Å². The Labute approximate surface area is 111 Å². The molecule has 0 saturated carbocycles. The maximum Gasteiger partial charge on any atom is 0.269 e. The first kappa shape index (κ1) is 14.9. The van der Waals surface area contributed by atoms with Gasteiger partial charge in [0.15, 0.2) is 0 Å². The van der Waals surface area contributed by atoms with Crippen LogP contribution in [0.5, 0.6) is 0 Å². The van der Waals surface area contributed by atoms with Gasteiger partial charge in [-0.2, -0.15) is 0 Å². The average molecular weight is 266 g/mol. The summed E-state index contributed by atoms with van der Waals surface area (Å²) in [4.78, 5) is 25.0. The molecular formula is C12H18N4O3. The molecule has 0 aliphatic heterocycles. The van der Waals surface area contributed by atoms with Crippen LogP contribution in [0.15, 0.2) is 18.2 Å². The summed E-state index contributed by atoms with van der Waals surface area (Å²) < 4.78 is 0. The van der Waals surface area contributed by atoms with Crippen LogP contribution >= 0.6 is 0 Å². The van der Waals surface area contributed by atoms with Crippen molar-refractivity contribution in [2.24, 2.45) is 0 Å². The van der Waals surface area contributed by atoms with Crippen molar-refractivity contribution in [2.75, 3.05) is 33.4 Å². The molecule has 0 aliphatic carbocycles. The number of hydrogen-bond donors (Lipinski definition) is 1. The minimum atomic E-state index is -0.464. The first-order chi connectivity index (χ1) is 8.81. The van der Waals surface area contributed by atoms with E-state index in [1.165, 1.54) is 23.1 Å². The molecule has 0 aliphatic rings. The third-order valence-corrected chi connectivity index (χ3v) is 2.68. The van der Waals surface area contributed by atoms with Crippen LogP contribution in [0.1, 0.15) is 5.56 Å². The van der Waals surface area contributed by atoms with Gasteiger partial charge >= 0.3 is 0 Å². The fraction of sp³-hybridized carbons (Fsp3) is 0.417. The molecular weight excluding hydrogens is 248 g/mol. The van der Waals surface area contributed by atoms with E-state index in [0.717, 1.165) is 0 Å². The summed E-state index contributed by atoms with van der Waals surface area (Å²) in [5, 5.41) is 10.7. The van der Waals surface area contributed by atoms with Crippen LogP contribution in [0.3, 0.4) is 0 Å². The lowest BCUT2D eigenvalue weighted by molar-refractivity contribution is -0.384. The van der Waals surface area contributed by atoms with Gasteiger partial charge in [-0.05, 0) is 18.7 Å². The molecule has 1 amide bonds. The summed E-state index contributed by atoms with van der Waals surface area (Å²) in [7, 11) is 5.12. The first-order valence-corrected chi connectivity index (χ1v) is 5.72. The molecule has 0 spiro atoms. The van der Waals surface area contributed by atoms with E-state index < -0.39 is 4.92 Å². The fourth-order valence-electron chi connectivity index (χ4n) is 1.56. The van der Waals surface area contributed by atoms with E-state index in [0.29, 0.717) is 17.8 Å². The van der Waals surface area contributed by atoms with Crippen LogP contribution in [0.25, 0.3) is 0 Å². The fourth-order valence-corrected chi connectivity index (χ4v) is 1.56. The highest BCUT2D eigenvalue weighted by atomic mass is 16.6. The number of anilines is 1. The molecule has 104 valence electrons. The number of amides is 1. The molecule has 0 aromatic heterocycles. The van der Waals surface area contributed by atoms with E-state index in [-0.39, 0.29) is 18.1 Å². The highest BCUT2D eigenvalue weighted by Gasteiger charge is 2.13. The number of nitrogen functional groups attached to an aromatic ring is 1. The molecule has 7 heteroatoms. The molecule has 0 saturated heterocycles. The molecule has 0 unspecified atom stereocenters. The van der Waals surface area contributed by atoms with Crippen molar-refractivity contribution in [3.63, 3.8) is 0 Å². The third kappa shape index (κ3) is 4.22. The van der Waals surface area contributed by atoms with Crippen LogP contribution in [0.4, 0.5) is 11.4 Å². The smallest absolute Gasteiger partial charge is 0.269 e. The Kier molecular flexibility index (Phi) is 4.82. The summed E-state index contributed by atoms with van der Waals surface area (Å²) in [5.41, 5.74) is 6.90. The molecule has 0 atom stereocenters. The predicted molar refractivity (Wildman–Crippen MR) is 72.5 cm³/mol. The Morgan fingerprint density at radius 2 is 2.00 bits per heavy atom. The van der Waals surface area contributed by atoms with Gasteiger partial charge in [-0.25, -0.2) is 0 Å². The zero-order valence-corrected chi connectivity index (χ0v) is 11.3. The number of carbonyl (C=O) groups is 1. The molecule has 7 nitrogen and oxygen atoms in total. The van der Waals surface area contributed by atoms with Crippen molar-refractivity contribution in [1.29, 1.82) is 0 Å². The zero-order chi connectivity index (χ0) is 14.6. The number of nitrogens with two attached hydrogens (primary N) is 1. The quantitative estimate of drug-likeness (QED) is 0.481. The van der Waals surface area contributed by atoms with Crippen molar-refractivity contribution in [2.45, 2.75) is 6.54 Å². The van der Waals surface area contributed by atoms with Crippen LogP contribution < -0.4 is 5.73 Å². The van der Waals surface area contributed by atoms with Crippen molar-refractivity contribution >= 4 is 17.3 Å². The molecule has 0 bridgehead atoms. The maximum atomic E-state index is 11.5. The number of likely N-dealkylation sites (N-methyl/N-ethyl adjacent to an activating group) is 2. The molecule has 0 fully saturated rings. The average Bonchev–Trinajstić information content (AvgIpc) is 2.31. The molecule has 2 N–H and O–H groups in total.